The molecule has 7 heteroatoms. The lowest BCUT2D eigenvalue weighted by atomic mass is 10.1. The first-order chi connectivity index (χ1) is 12.0. The number of carbonyl (C=O) groups is 2. The second-order valence-electron chi connectivity index (χ2n) is 5.40. The second-order valence-corrected chi connectivity index (χ2v) is 6.21. The molecule has 0 unspecified atom stereocenters. The van der Waals surface area contributed by atoms with Crippen LogP contribution in [0.2, 0.25) is 10.0 Å². The van der Waals surface area contributed by atoms with E-state index in [0.717, 1.165) is 5.56 Å². The van der Waals surface area contributed by atoms with Crippen molar-refractivity contribution in [2.75, 3.05) is 13.1 Å². The maximum absolute atomic E-state index is 12.0. The Hall–Kier alpha value is -2.08. The molecule has 0 spiro atoms. The molecule has 0 atom stereocenters. The number of amides is 2. The van der Waals surface area contributed by atoms with E-state index >= 15 is 0 Å². The van der Waals surface area contributed by atoms with Gasteiger partial charge in [0.25, 0.3) is 11.8 Å². The van der Waals surface area contributed by atoms with Gasteiger partial charge < -0.3 is 16.4 Å². The lowest BCUT2D eigenvalue weighted by Gasteiger charge is -2.08. The molecule has 4 N–H and O–H groups in total. The van der Waals surface area contributed by atoms with Crippen LogP contribution in [0.25, 0.3) is 0 Å². The third-order valence-electron chi connectivity index (χ3n) is 3.56. The van der Waals surface area contributed by atoms with Crippen LogP contribution in [0.3, 0.4) is 0 Å². The molecule has 0 aromatic heterocycles. The Labute approximate surface area is 156 Å². The fraction of sp³-hybridized carbons (Fsp3) is 0.222. The molecule has 2 aromatic carbocycles. The zero-order valence-corrected chi connectivity index (χ0v) is 15.0. The van der Waals surface area contributed by atoms with Crippen molar-refractivity contribution < 1.29 is 9.59 Å². The molecule has 25 heavy (non-hydrogen) atoms. The lowest BCUT2D eigenvalue weighted by Crippen LogP contribution is -2.29. The number of halogens is 2. The van der Waals surface area contributed by atoms with Gasteiger partial charge in [0.05, 0.1) is 10.0 Å². The average Bonchev–Trinajstić information content (AvgIpc) is 2.63. The summed E-state index contributed by atoms with van der Waals surface area (Å²) in [6.45, 7) is 1.34. The Morgan fingerprint density at radius 3 is 1.96 bits per heavy atom. The molecular weight excluding hydrogens is 361 g/mol. The quantitative estimate of drug-likeness (QED) is 0.646. The molecule has 0 saturated heterocycles. The fourth-order valence-electron chi connectivity index (χ4n) is 2.13. The standard InChI is InChI=1S/C18H19Cl2N3O2/c19-15-7-6-14(10-16(15)20)18(25)23-9-1-8-22-17(24)13-4-2-12(11-21)3-5-13/h2-7,10H,1,8-9,11,21H2,(H,22,24)(H,23,25). The van der Waals surface area contributed by atoms with Crippen molar-refractivity contribution in [1.82, 2.24) is 10.6 Å². The minimum atomic E-state index is -0.234. The summed E-state index contributed by atoms with van der Waals surface area (Å²) >= 11 is 11.7. The molecule has 0 aliphatic rings. The molecule has 0 bridgehead atoms. The molecule has 0 fully saturated rings. The summed E-state index contributed by atoms with van der Waals surface area (Å²) in [6, 6.07) is 11.8. The van der Waals surface area contributed by atoms with Gasteiger partial charge >= 0.3 is 0 Å². The Bertz CT molecular complexity index is 748. The Kier molecular flexibility index (Phi) is 7.25. The molecule has 0 aliphatic carbocycles. The van der Waals surface area contributed by atoms with Crippen LogP contribution in [-0.4, -0.2) is 24.9 Å². The predicted molar refractivity (Wildman–Crippen MR) is 100 cm³/mol. The van der Waals surface area contributed by atoms with Gasteiger partial charge in [-0.25, -0.2) is 0 Å². The van der Waals surface area contributed by atoms with Crippen LogP contribution in [0.5, 0.6) is 0 Å². The van der Waals surface area contributed by atoms with Crippen LogP contribution in [0.4, 0.5) is 0 Å². The Balaban J connectivity index is 1.70. The summed E-state index contributed by atoms with van der Waals surface area (Å²) in [5.41, 5.74) is 7.52. The molecule has 0 saturated carbocycles. The number of hydrogen-bond acceptors (Lipinski definition) is 3. The molecule has 0 heterocycles. The minimum Gasteiger partial charge on any atom is -0.352 e. The molecular formula is C18H19Cl2N3O2. The Morgan fingerprint density at radius 1 is 0.840 bits per heavy atom. The van der Waals surface area contributed by atoms with Crippen LogP contribution < -0.4 is 16.4 Å². The number of hydrogen-bond donors (Lipinski definition) is 3. The SMILES string of the molecule is NCc1ccc(C(=O)NCCCNC(=O)c2ccc(Cl)c(Cl)c2)cc1. The largest absolute Gasteiger partial charge is 0.352 e. The highest BCUT2D eigenvalue weighted by Gasteiger charge is 2.08. The van der Waals surface area contributed by atoms with Crippen molar-refractivity contribution >= 4 is 35.0 Å². The highest BCUT2D eigenvalue weighted by Crippen LogP contribution is 2.22. The first-order valence-electron chi connectivity index (χ1n) is 7.81. The number of benzene rings is 2. The van der Waals surface area contributed by atoms with E-state index in [9.17, 15) is 9.59 Å². The van der Waals surface area contributed by atoms with E-state index in [1.165, 1.54) is 6.07 Å². The molecule has 0 aliphatic heterocycles. The monoisotopic (exact) mass is 379 g/mol. The van der Waals surface area contributed by atoms with Crippen LogP contribution in [0.15, 0.2) is 42.5 Å². The summed E-state index contributed by atoms with van der Waals surface area (Å²) in [4.78, 5) is 24.0. The first kappa shape index (κ1) is 19.2. The van der Waals surface area contributed by atoms with Crippen LogP contribution in [-0.2, 0) is 6.54 Å². The smallest absolute Gasteiger partial charge is 0.251 e. The topological polar surface area (TPSA) is 84.2 Å². The van der Waals surface area contributed by atoms with E-state index in [4.69, 9.17) is 28.9 Å². The van der Waals surface area contributed by atoms with E-state index in [2.05, 4.69) is 10.6 Å². The van der Waals surface area contributed by atoms with E-state index < -0.39 is 0 Å². The normalized spacial score (nSPS) is 10.4. The summed E-state index contributed by atoms with van der Waals surface area (Å²) < 4.78 is 0. The number of carbonyl (C=O) groups excluding carboxylic acids is 2. The van der Waals surface area contributed by atoms with Crippen LogP contribution >= 0.6 is 23.2 Å². The van der Waals surface area contributed by atoms with Gasteiger partial charge in [0.1, 0.15) is 0 Å². The van der Waals surface area contributed by atoms with E-state index in [1.807, 2.05) is 12.1 Å². The van der Waals surface area contributed by atoms with Gasteiger partial charge in [-0.15, -0.1) is 0 Å². The third-order valence-corrected chi connectivity index (χ3v) is 4.30. The Morgan fingerprint density at radius 2 is 1.40 bits per heavy atom. The van der Waals surface area contributed by atoms with Crippen molar-refractivity contribution in [2.45, 2.75) is 13.0 Å². The predicted octanol–water partition coefficient (Wildman–Crippen LogP) is 3.00. The lowest BCUT2D eigenvalue weighted by molar-refractivity contribution is 0.0952. The van der Waals surface area contributed by atoms with Gasteiger partial charge in [0.2, 0.25) is 0 Å². The van der Waals surface area contributed by atoms with Crippen molar-refractivity contribution in [2.24, 2.45) is 5.73 Å². The van der Waals surface area contributed by atoms with Gasteiger partial charge in [-0.3, -0.25) is 9.59 Å². The van der Waals surface area contributed by atoms with Crippen molar-refractivity contribution in [3.8, 4) is 0 Å². The zero-order chi connectivity index (χ0) is 18.2. The molecule has 132 valence electrons. The van der Waals surface area contributed by atoms with Crippen LogP contribution in [0, 0.1) is 0 Å². The third kappa shape index (κ3) is 5.74. The molecule has 2 rings (SSSR count). The summed E-state index contributed by atoms with van der Waals surface area (Å²) in [5.74, 6) is -0.387. The molecule has 0 radical (unpaired) electrons. The minimum absolute atomic E-state index is 0.153. The first-order valence-corrected chi connectivity index (χ1v) is 8.57. The van der Waals surface area contributed by atoms with Gasteiger partial charge in [-0.2, -0.15) is 0 Å². The maximum Gasteiger partial charge on any atom is 0.251 e. The van der Waals surface area contributed by atoms with E-state index in [1.54, 1.807) is 24.3 Å². The maximum atomic E-state index is 12.0. The van der Waals surface area contributed by atoms with Crippen molar-refractivity contribution in [3.63, 3.8) is 0 Å². The summed E-state index contributed by atoms with van der Waals surface area (Å²) in [7, 11) is 0. The number of nitrogens with one attached hydrogen (secondary N) is 2. The van der Waals surface area contributed by atoms with Gasteiger partial charge in [-0.1, -0.05) is 35.3 Å². The van der Waals surface area contributed by atoms with Gasteiger partial charge in [-0.05, 0) is 42.3 Å². The molecule has 2 aromatic rings. The highest BCUT2D eigenvalue weighted by molar-refractivity contribution is 6.42. The summed E-state index contributed by atoms with van der Waals surface area (Å²) in [6.07, 6.45) is 0.611. The molecule has 2 amide bonds. The average molecular weight is 380 g/mol. The zero-order valence-electron chi connectivity index (χ0n) is 13.5. The van der Waals surface area contributed by atoms with E-state index in [-0.39, 0.29) is 11.8 Å². The highest BCUT2D eigenvalue weighted by atomic mass is 35.5. The summed E-state index contributed by atoms with van der Waals surface area (Å²) in [5, 5.41) is 6.31. The number of nitrogens with two attached hydrogens (primary N) is 1. The molecule has 5 nitrogen and oxygen atoms in total. The number of rotatable bonds is 7. The van der Waals surface area contributed by atoms with Crippen molar-refractivity contribution in [3.05, 3.63) is 69.2 Å². The fourth-order valence-corrected chi connectivity index (χ4v) is 2.42. The van der Waals surface area contributed by atoms with Crippen LogP contribution in [0.1, 0.15) is 32.7 Å². The van der Waals surface area contributed by atoms with E-state index in [0.29, 0.717) is 47.2 Å². The van der Waals surface area contributed by atoms with Gasteiger partial charge in [0, 0.05) is 30.8 Å². The second kappa shape index (κ2) is 9.42. The van der Waals surface area contributed by atoms with Crippen molar-refractivity contribution in [1.29, 1.82) is 0 Å². The van der Waals surface area contributed by atoms with Gasteiger partial charge in [0.15, 0.2) is 0 Å².